The van der Waals surface area contributed by atoms with Crippen molar-refractivity contribution in [2.24, 2.45) is 11.8 Å². The largest absolute Gasteiger partial charge is 0.481 e. The van der Waals surface area contributed by atoms with Crippen molar-refractivity contribution < 1.29 is 32.6 Å². The van der Waals surface area contributed by atoms with Crippen LogP contribution in [0.3, 0.4) is 0 Å². The summed E-state index contributed by atoms with van der Waals surface area (Å²) in [5.41, 5.74) is -0.751. The lowest BCUT2D eigenvalue weighted by molar-refractivity contribution is -0.197. The number of carbonyl (C=O) groups excluding carboxylic acids is 1. The number of hydrogen-bond donors (Lipinski definition) is 1. The van der Waals surface area contributed by atoms with E-state index < -0.39 is 42.1 Å². The molecular weight excluding hydrogens is 291 g/mol. The van der Waals surface area contributed by atoms with Crippen molar-refractivity contribution in [3.63, 3.8) is 0 Å². The van der Waals surface area contributed by atoms with E-state index in [1.807, 2.05) is 0 Å². The molecule has 122 valence electrons. The van der Waals surface area contributed by atoms with Gasteiger partial charge in [-0.3, -0.25) is 4.79 Å². The number of amides is 1. The van der Waals surface area contributed by atoms with Crippen molar-refractivity contribution in [3.05, 3.63) is 0 Å². The highest BCUT2D eigenvalue weighted by Crippen LogP contribution is 2.38. The third-order valence-corrected chi connectivity index (χ3v) is 3.30. The Hall–Kier alpha value is -1.47. The molecule has 1 aliphatic heterocycles. The number of carbonyl (C=O) groups is 2. The summed E-state index contributed by atoms with van der Waals surface area (Å²) >= 11 is 0. The minimum Gasteiger partial charge on any atom is -0.481 e. The van der Waals surface area contributed by atoms with Gasteiger partial charge in [0, 0.05) is 13.1 Å². The lowest BCUT2D eigenvalue weighted by Gasteiger charge is -2.26. The zero-order chi connectivity index (χ0) is 16.4. The van der Waals surface area contributed by atoms with Crippen LogP contribution in [0.1, 0.15) is 33.6 Å². The van der Waals surface area contributed by atoms with Gasteiger partial charge in [0.2, 0.25) is 0 Å². The second kappa shape index (κ2) is 6.11. The molecule has 21 heavy (non-hydrogen) atoms. The van der Waals surface area contributed by atoms with E-state index in [0.29, 0.717) is 0 Å². The van der Waals surface area contributed by atoms with Crippen LogP contribution in [0.5, 0.6) is 0 Å². The van der Waals surface area contributed by atoms with Gasteiger partial charge in [-0.05, 0) is 33.6 Å². The highest BCUT2D eigenvalue weighted by Gasteiger charge is 2.48. The zero-order valence-corrected chi connectivity index (χ0v) is 12.2. The van der Waals surface area contributed by atoms with Crippen LogP contribution in [0.2, 0.25) is 0 Å². The molecule has 1 heterocycles. The second-order valence-corrected chi connectivity index (χ2v) is 6.14. The quantitative estimate of drug-likeness (QED) is 0.808. The third-order valence-electron chi connectivity index (χ3n) is 3.30. The van der Waals surface area contributed by atoms with Crippen molar-refractivity contribution >= 4 is 12.1 Å². The summed E-state index contributed by atoms with van der Waals surface area (Å²) in [7, 11) is 0. The topological polar surface area (TPSA) is 66.8 Å². The molecule has 0 aromatic carbocycles. The second-order valence-electron chi connectivity index (χ2n) is 6.14. The van der Waals surface area contributed by atoms with E-state index in [2.05, 4.69) is 0 Å². The average molecular weight is 311 g/mol. The van der Waals surface area contributed by atoms with Gasteiger partial charge in [-0.15, -0.1) is 0 Å². The number of hydrogen-bond acceptors (Lipinski definition) is 3. The Bertz CT molecular complexity index is 403. The molecule has 0 radical (unpaired) electrons. The van der Waals surface area contributed by atoms with Gasteiger partial charge in [0.1, 0.15) is 5.60 Å². The highest BCUT2D eigenvalue weighted by atomic mass is 19.4. The molecule has 1 rings (SSSR count). The number of carboxylic acid groups (broad SMARTS) is 1. The third kappa shape index (κ3) is 5.09. The van der Waals surface area contributed by atoms with E-state index in [-0.39, 0.29) is 19.5 Å². The Labute approximate surface area is 121 Å². The predicted octanol–water partition coefficient (Wildman–Crippen LogP) is 2.90. The van der Waals surface area contributed by atoms with Crippen molar-refractivity contribution in [3.8, 4) is 0 Å². The molecule has 2 atom stereocenters. The zero-order valence-electron chi connectivity index (χ0n) is 12.2. The monoisotopic (exact) mass is 311 g/mol. The highest BCUT2D eigenvalue weighted by molar-refractivity contribution is 5.71. The van der Waals surface area contributed by atoms with Crippen molar-refractivity contribution in [1.29, 1.82) is 0 Å². The molecule has 2 unspecified atom stereocenters. The molecule has 0 spiro atoms. The molecular formula is C13H20F3NO4. The fourth-order valence-electron chi connectivity index (χ4n) is 2.30. The van der Waals surface area contributed by atoms with Gasteiger partial charge < -0.3 is 14.7 Å². The summed E-state index contributed by atoms with van der Waals surface area (Å²) in [5, 5.41) is 8.97. The van der Waals surface area contributed by atoms with Crippen LogP contribution in [0.25, 0.3) is 0 Å². The van der Waals surface area contributed by atoms with Crippen molar-refractivity contribution in [2.45, 2.75) is 45.4 Å². The van der Waals surface area contributed by atoms with Gasteiger partial charge in [-0.25, -0.2) is 4.79 Å². The molecule has 1 N–H and O–H groups in total. The van der Waals surface area contributed by atoms with E-state index in [1.54, 1.807) is 20.8 Å². The van der Waals surface area contributed by atoms with E-state index in [1.165, 1.54) is 0 Å². The molecule has 0 aliphatic carbocycles. The molecule has 1 fully saturated rings. The van der Waals surface area contributed by atoms with Crippen LogP contribution in [0.4, 0.5) is 18.0 Å². The van der Waals surface area contributed by atoms with Gasteiger partial charge in [0.25, 0.3) is 0 Å². The van der Waals surface area contributed by atoms with E-state index in [9.17, 15) is 22.8 Å². The molecule has 1 aliphatic rings. The SMILES string of the molecule is CC(C)(C)OC(=O)N1CCC(C(=O)O)C(C(F)(F)F)CC1. The van der Waals surface area contributed by atoms with Crippen LogP contribution in [0, 0.1) is 11.8 Å². The summed E-state index contributed by atoms with van der Waals surface area (Å²) in [6.07, 6.45) is -5.97. The van der Waals surface area contributed by atoms with Crippen molar-refractivity contribution in [2.75, 3.05) is 13.1 Å². The Morgan fingerprint density at radius 3 is 2.10 bits per heavy atom. The normalized spacial score (nSPS) is 24.4. The summed E-state index contributed by atoms with van der Waals surface area (Å²) in [4.78, 5) is 24.1. The number of halogens is 3. The molecule has 0 aromatic rings. The number of aliphatic carboxylic acids is 1. The number of ether oxygens (including phenoxy) is 1. The number of alkyl halides is 3. The summed E-state index contributed by atoms with van der Waals surface area (Å²) < 4.78 is 43.9. The Morgan fingerprint density at radius 1 is 1.14 bits per heavy atom. The Morgan fingerprint density at radius 2 is 1.67 bits per heavy atom. The van der Waals surface area contributed by atoms with Gasteiger partial charge in [-0.1, -0.05) is 0 Å². The van der Waals surface area contributed by atoms with Gasteiger partial charge in [-0.2, -0.15) is 13.2 Å². The maximum absolute atomic E-state index is 12.9. The van der Waals surface area contributed by atoms with Crippen LogP contribution in [0.15, 0.2) is 0 Å². The first-order chi connectivity index (χ1) is 9.42. The lowest BCUT2D eigenvalue weighted by Crippen LogP contribution is -2.37. The average Bonchev–Trinajstić information content (AvgIpc) is 2.47. The molecule has 0 saturated carbocycles. The van der Waals surface area contributed by atoms with Crippen LogP contribution >= 0.6 is 0 Å². The number of carboxylic acids is 1. The van der Waals surface area contributed by atoms with Crippen LogP contribution in [-0.2, 0) is 9.53 Å². The first-order valence-corrected chi connectivity index (χ1v) is 6.69. The maximum atomic E-state index is 12.9. The summed E-state index contributed by atoms with van der Waals surface area (Å²) in [6.45, 7) is 4.74. The molecule has 1 saturated heterocycles. The summed E-state index contributed by atoms with van der Waals surface area (Å²) in [5.74, 6) is -4.96. The lowest BCUT2D eigenvalue weighted by atomic mass is 9.87. The van der Waals surface area contributed by atoms with Gasteiger partial charge in [0.05, 0.1) is 11.8 Å². The first kappa shape index (κ1) is 17.6. The molecule has 1 amide bonds. The minimum atomic E-state index is -4.59. The molecule has 5 nitrogen and oxygen atoms in total. The fraction of sp³-hybridized carbons (Fsp3) is 0.846. The maximum Gasteiger partial charge on any atom is 0.410 e. The van der Waals surface area contributed by atoms with Gasteiger partial charge in [0.15, 0.2) is 0 Å². The van der Waals surface area contributed by atoms with Gasteiger partial charge >= 0.3 is 18.2 Å². The number of likely N-dealkylation sites (tertiary alicyclic amines) is 1. The Kier molecular flexibility index (Phi) is 5.11. The van der Waals surface area contributed by atoms with E-state index >= 15 is 0 Å². The standard InChI is InChI=1S/C13H20F3NO4/c1-12(2,3)21-11(20)17-6-4-8(10(18)19)9(5-7-17)13(14,15)16/h8-9H,4-7H2,1-3H3,(H,18,19). The van der Waals surface area contributed by atoms with Crippen LogP contribution in [-0.4, -0.2) is 46.9 Å². The molecule has 0 aromatic heterocycles. The smallest absolute Gasteiger partial charge is 0.410 e. The van der Waals surface area contributed by atoms with E-state index in [4.69, 9.17) is 9.84 Å². The first-order valence-electron chi connectivity index (χ1n) is 6.69. The van der Waals surface area contributed by atoms with E-state index in [0.717, 1.165) is 4.90 Å². The Balaban J connectivity index is 2.82. The predicted molar refractivity (Wildman–Crippen MR) is 67.7 cm³/mol. The summed E-state index contributed by atoms with van der Waals surface area (Å²) in [6, 6.07) is 0. The number of nitrogens with zero attached hydrogens (tertiary/aromatic N) is 1. The van der Waals surface area contributed by atoms with Crippen LogP contribution < -0.4 is 0 Å². The molecule has 0 bridgehead atoms. The van der Waals surface area contributed by atoms with Crippen molar-refractivity contribution in [1.82, 2.24) is 4.90 Å². The number of rotatable bonds is 1. The fourth-order valence-corrected chi connectivity index (χ4v) is 2.30. The minimum absolute atomic E-state index is 0.0571. The molecule has 8 heteroatoms.